The first-order valence-electron chi connectivity index (χ1n) is 6.70. The van der Waals surface area contributed by atoms with Crippen molar-refractivity contribution in [2.45, 2.75) is 26.3 Å². The number of halogens is 2. The summed E-state index contributed by atoms with van der Waals surface area (Å²) < 4.78 is 36.2. The van der Waals surface area contributed by atoms with E-state index in [1.807, 2.05) is 0 Å². The Morgan fingerprint density at radius 1 is 1.43 bits per heavy atom. The summed E-state index contributed by atoms with van der Waals surface area (Å²) in [6, 6.07) is 3.61. The van der Waals surface area contributed by atoms with Crippen molar-refractivity contribution < 1.29 is 17.6 Å². The number of sulfone groups is 1. The molecule has 1 amide bonds. The van der Waals surface area contributed by atoms with Gasteiger partial charge >= 0.3 is 0 Å². The van der Waals surface area contributed by atoms with E-state index in [4.69, 9.17) is 11.6 Å². The Bertz CT molecular complexity index is 660. The predicted octanol–water partition coefficient (Wildman–Crippen LogP) is 2.66. The lowest BCUT2D eigenvalue weighted by Crippen LogP contribution is -2.41. The zero-order chi connectivity index (χ0) is 15.8. The van der Waals surface area contributed by atoms with Crippen LogP contribution in [0.2, 0.25) is 5.02 Å². The SMILES string of the molecule is CC(C)N(C(=O)[C@H]1CCS(=O)(=O)C1)c1ccc(F)cc1Cl. The van der Waals surface area contributed by atoms with Crippen LogP contribution in [-0.4, -0.2) is 31.9 Å². The molecule has 0 spiro atoms. The van der Waals surface area contributed by atoms with Gasteiger partial charge in [-0.1, -0.05) is 11.6 Å². The van der Waals surface area contributed by atoms with Gasteiger partial charge in [-0.15, -0.1) is 0 Å². The van der Waals surface area contributed by atoms with E-state index in [-0.39, 0.29) is 28.5 Å². The van der Waals surface area contributed by atoms with Crippen molar-refractivity contribution in [3.63, 3.8) is 0 Å². The standard InChI is InChI=1S/C14H17ClFNO3S/c1-9(2)17(13-4-3-11(16)7-12(13)15)14(18)10-5-6-21(19,20)8-10/h3-4,7,9-10H,5-6,8H2,1-2H3/t10-/m0/s1. The Kier molecular flexibility index (Phi) is 4.58. The lowest BCUT2D eigenvalue weighted by molar-refractivity contribution is -0.122. The average molecular weight is 334 g/mol. The summed E-state index contributed by atoms with van der Waals surface area (Å²) in [6.07, 6.45) is 0.323. The third-order valence-electron chi connectivity index (χ3n) is 3.50. The Labute approximate surface area is 128 Å². The normalized spacial score (nSPS) is 20.7. The third-order valence-corrected chi connectivity index (χ3v) is 5.58. The van der Waals surface area contributed by atoms with Crippen LogP contribution >= 0.6 is 11.6 Å². The number of anilines is 1. The zero-order valence-corrected chi connectivity index (χ0v) is 13.4. The topological polar surface area (TPSA) is 54.5 Å². The molecular weight excluding hydrogens is 317 g/mol. The van der Waals surface area contributed by atoms with Gasteiger partial charge in [0.15, 0.2) is 9.84 Å². The molecule has 0 aliphatic carbocycles. The first-order valence-corrected chi connectivity index (χ1v) is 8.90. The number of nitrogens with zero attached hydrogens (tertiary/aromatic N) is 1. The molecule has 1 fully saturated rings. The Hall–Kier alpha value is -1.14. The van der Waals surface area contributed by atoms with Crippen molar-refractivity contribution in [3.8, 4) is 0 Å². The highest BCUT2D eigenvalue weighted by atomic mass is 35.5. The van der Waals surface area contributed by atoms with Crippen LogP contribution in [0.1, 0.15) is 20.3 Å². The molecule has 1 aromatic rings. The molecule has 0 N–H and O–H groups in total. The molecule has 1 aromatic carbocycles. The van der Waals surface area contributed by atoms with E-state index < -0.39 is 21.6 Å². The summed E-state index contributed by atoms with van der Waals surface area (Å²) >= 11 is 6.02. The molecule has 0 saturated carbocycles. The second kappa shape index (κ2) is 5.93. The minimum atomic E-state index is -3.14. The van der Waals surface area contributed by atoms with E-state index in [2.05, 4.69) is 0 Å². The van der Waals surface area contributed by atoms with Crippen LogP contribution < -0.4 is 4.90 Å². The molecule has 4 nitrogen and oxygen atoms in total. The van der Waals surface area contributed by atoms with Crippen molar-refractivity contribution >= 4 is 33.0 Å². The maximum atomic E-state index is 13.1. The maximum absolute atomic E-state index is 13.1. The highest BCUT2D eigenvalue weighted by Gasteiger charge is 2.37. The third kappa shape index (κ3) is 3.55. The van der Waals surface area contributed by atoms with Gasteiger partial charge in [-0.25, -0.2) is 12.8 Å². The lowest BCUT2D eigenvalue weighted by Gasteiger charge is -2.30. The first kappa shape index (κ1) is 16.2. The van der Waals surface area contributed by atoms with Crippen molar-refractivity contribution in [2.24, 2.45) is 5.92 Å². The molecule has 1 saturated heterocycles. The molecule has 0 unspecified atom stereocenters. The van der Waals surface area contributed by atoms with Gasteiger partial charge < -0.3 is 4.90 Å². The van der Waals surface area contributed by atoms with E-state index in [0.717, 1.165) is 6.07 Å². The van der Waals surface area contributed by atoms with Crippen molar-refractivity contribution in [2.75, 3.05) is 16.4 Å². The number of rotatable bonds is 3. The van der Waals surface area contributed by atoms with Gasteiger partial charge in [0, 0.05) is 6.04 Å². The molecule has 1 aliphatic rings. The molecule has 2 rings (SSSR count). The summed E-state index contributed by atoms with van der Waals surface area (Å²) in [5, 5.41) is 0.137. The molecule has 1 heterocycles. The monoisotopic (exact) mass is 333 g/mol. The second-order valence-electron chi connectivity index (χ2n) is 5.50. The van der Waals surface area contributed by atoms with Gasteiger partial charge in [0.05, 0.1) is 28.1 Å². The van der Waals surface area contributed by atoms with Gasteiger partial charge in [0.25, 0.3) is 0 Å². The van der Waals surface area contributed by atoms with E-state index in [1.54, 1.807) is 13.8 Å². The fourth-order valence-corrected chi connectivity index (χ4v) is 4.51. The van der Waals surface area contributed by atoms with Crippen LogP contribution in [0.3, 0.4) is 0 Å². The molecule has 1 aliphatic heterocycles. The van der Waals surface area contributed by atoms with Crippen LogP contribution in [0.15, 0.2) is 18.2 Å². The van der Waals surface area contributed by atoms with Gasteiger partial charge in [0.1, 0.15) is 5.82 Å². The fourth-order valence-electron chi connectivity index (χ4n) is 2.51. The Balaban J connectivity index is 2.33. The molecular formula is C14H17ClFNO3S. The van der Waals surface area contributed by atoms with Crippen molar-refractivity contribution in [1.82, 2.24) is 0 Å². The van der Waals surface area contributed by atoms with Crippen molar-refractivity contribution in [1.29, 1.82) is 0 Å². The maximum Gasteiger partial charge on any atom is 0.231 e. The first-order chi connectivity index (χ1) is 9.71. The van der Waals surface area contributed by atoms with E-state index in [0.29, 0.717) is 12.1 Å². The molecule has 1 atom stereocenters. The van der Waals surface area contributed by atoms with Crippen LogP contribution in [0.25, 0.3) is 0 Å². The smallest absolute Gasteiger partial charge is 0.231 e. The van der Waals surface area contributed by atoms with E-state index in [1.165, 1.54) is 17.0 Å². The van der Waals surface area contributed by atoms with Gasteiger partial charge in [-0.2, -0.15) is 0 Å². The zero-order valence-electron chi connectivity index (χ0n) is 11.8. The Morgan fingerprint density at radius 2 is 2.10 bits per heavy atom. The Morgan fingerprint density at radius 3 is 2.57 bits per heavy atom. The summed E-state index contributed by atoms with van der Waals surface area (Å²) in [5.74, 6) is -1.41. The van der Waals surface area contributed by atoms with Crippen molar-refractivity contribution in [3.05, 3.63) is 29.0 Å². The predicted molar refractivity (Wildman–Crippen MR) is 80.8 cm³/mol. The van der Waals surface area contributed by atoms with Gasteiger partial charge in [0.2, 0.25) is 5.91 Å². The molecule has 0 bridgehead atoms. The minimum Gasteiger partial charge on any atom is -0.308 e. The quantitative estimate of drug-likeness (QED) is 0.854. The molecule has 0 aromatic heterocycles. The molecule has 21 heavy (non-hydrogen) atoms. The number of benzene rings is 1. The largest absolute Gasteiger partial charge is 0.308 e. The van der Waals surface area contributed by atoms with Crippen LogP contribution in [0, 0.1) is 11.7 Å². The number of carbonyl (C=O) groups excluding carboxylic acids is 1. The average Bonchev–Trinajstić information content (AvgIpc) is 2.72. The number of hydrogen-bond donors (Lipinski definition) is 0. The number of amides is 1. The van der Waals surface area contributed by atoms with E-state index in [9.17, 15) is 17.6 Å². The molecule has 0 radical (unpaired) electrons. The second-order valence-corrected chi connectivity index (χ2v) is 8.13. The summed E-state index contributed by atoms with van der Waals surface area (Å²) in [6.45, 7) is 3.61. The summed E-state index contributed by atoms with van der Waals surface area (Å²) in [4.78, 5) is 14.1. The number of carbonyl (C=O) groups is 1. The highest BCUT2D eigenvalue weighted by Crippen LogP contribution is 2.31. The van der Waals surface area contributed by atoms with E-state index >= 15 is 0 Å². The summed E-state index contributed by atoms with van der Waals surface area (Å²) in [7, 11) is -3.14. The highest BCUT2D eigenvalue weighted by molar-refractivity contribution is 7.91. The van der Waals surface area contributed by atoms with Crippen LogP contribution in [0.5, 0.6) is 0 Å². The summed E-state index contributed by atoms with van der Waals surface area (Å²) in [5.41, 5.74) is 0.405. The molecule has 7 heteroatoms. The number of hydrogen-bond acceptors (Lipinski definition) is 3. The fraction of sp³-hybridized carbons (Fsp3) is 0.500. The van der Waals surface area contributed by atoms with Gasteiger partial charge in [-0.05, 0) is 38.5 Å². The lowest BCUT2D eigenvalue weighted by atomic mass is 10.1. The van der Waals surface area contributed by atoms with Crippen LogP contribution in [-0.2, 0) is 14.6 Å². The van der Waals surface area contributed by atoms with Gasteiger partial charge in [-0.3, -0.25) is 4.79 Å². The van der Waals surface area contributed by atoms with Crippen LogP contribution in [0.4, 0.5) is 10.1 Å². The molecule has 116 valence electrons. The minimum absolute atomic E-state index is 0.0342.